The van der Waals surface area contributed by atoms with Crippen LogP contribution >= 0.6 is 0 Å². The van der Waals surface area contributed by atoms with Gasteiger partial charge in [-0.3, -0.25) is 9.59 Å². The van der Waals surface area contributed by atoms with Crippen molar-refractivity contribution in [3.05, 3.63) is 44.7 Å². The normalized spacial score (nSPS) is 11.9. The summed E-state index contributed by atoms with van der Waals surface area (Å²) in [5.41, 5.74) is -1.21. The number of hydrogen-bond acceptors (Lipinski definition) is 4. The van der Waals surface area contributed by atoms with E-state index >= 15 is 0 Å². The van der Waals surface area contributed by atoms with Crippen molar-refractivity contribution in [2.75, 3.05) is 12.8 Å². The number of nitrogens with one attached hydrogen (secondary N) is 2. The van der Waals surface area contributed by atoms with E-state index in [1.807, 2.05) is 0 Å². The number of halogens is 1. The monoisotopic (exact) mass is 301 g/mol. The van der Waals surface area contributed by atoms with Crippen LogP contribution in [-0.4, -0.2) is 30.8 Å². The molecule has 20 heavy (non-hydrogen) atoms. The van der Waals surface area contributed by atoms with Crippen LogP contribution in [0.15, 0.2) is 27.8 Å². The Hall–Kier alpha value is -2.00. The van der Waals surface area contributed by atoms with Crippen molar-refractivity contribution < 1.29 is 12.8 Å². The first-order valence-electron chi connectivity index (χ1n) is 5.65. The number of sulfonamides is 1. The molecule has 0 spiro atoms. The fraction of sp³-hybridized carbons (Fsp3) is 0.273. The first-order valence-corrected chi connectivity index (χ1v) is 7.54. The predicted octanol–water partition coefficient (Wildman–Crippen LogP) is -0.622. The zero-order valence-electron chi connectivity index (χ0n) is 10.5. The fourth-order valence-electron chi connectivity index (χ4n) is 1.82. The Morgan fingerprint density at radius 2 is 2.05 bits per heavy atom. The number of nitrogens with zero attached hydrogens (tertiary/aromatic N) is 1. The van der Waals surface area contributed by atoms with Crippen LogP contribution in [0.25, 0.3) is 11.0 Å². The highest BCUT2D eigenvalue weighted by Crippen LogP contribution is 2.09. The molecule has 0 fully saturated rings. The van der Waals surface area contributed by atoms with E-state index in [4.69, 9.17) is 0 Å². The minimum absolute atomic E-state index is 0.0298. The zero-order valence-corrected chi connectivity index (χ0v) is 11.3. The van der Waals surface area contributed by atoms with Gasteiger partial charge in [0.2, 0.25) is 10.0 Å². The van der Waals surface area contributed by atoms with Gasteiger partial charge in [0, 0.05) is 13.1 Å². The average molecular weight is 301 g/mol. The molecule has 1 aromatic carbocycles. The SMILES string of the molecule is CS(=O)(=O)NCCn1c(=O)c(=O)[nH]c2cc(F)ccc21. The smallest absolute Gasteiger partial charge is 0.316 e. The first kappa shape index (κ1) is 14.4. The van der Waals surface area contributed by atoms with Crippen LogP contribution in [0.2, 0.25) is 0 Å². The number of rotatable bonds is 4. The van der Waals surface area contributed by atoms with Crippen molar-refractivity contribution in [3.63, 3.8) is 0 Å². The Balaban J connectivity index is 2.48. The van der Waals surface area contributed by atoms with E-state index in [1.165, 1.54) is 6.07 Å². The molecule has 1 aromatic heterocycles. The van der Waals surface area contributed by atoms with E-state index in [-0.39, 0.29) is 18.6 Å². The van der Waals surface area contributed by atoms with E-state index in [1.54, 1.807) is 0 Å². The number of aromatic amines is 1. The molecule has 7 nitrogen and oxygen atoms in total. The summed E-state index contributed by atoms with van der Waals surface area (Å²) in [5.74, 6) is -0.549. The summed E-state index contributed by atoms with van der Waals surface area (Å²) in [7, 11) is -3.39. The molecular formula is C11H12FN3O4S. The van der Waals surface area contributed by atoms with Crippen molar-refractivity contribution in [1.29, 1.82) is 0 Å². The summed E-state index contributed by atoms with van der Waals surface area (Å²) in [4.78, 5) is 25.5. The lowest BCUT2D eigenvalue weighted by Crippen LogP contribution is -2.39. The van der Waals surface area contributed by atoms with Gasteiger partial charge in [-0.25, -0.2) is 17.5 Å². The number of benzene rings is 1. The summed E-state index contributed by atoms with van der Waals surface area (Å²) in [5, 5.41) is 0. The van der Waals surface area contributed by atoms with Crippen molar-refractivity contribution in [2.24, 2.45) is 0 Å². The van der Waals surface area contributed by atoms with Gasteiger partial charge >= 0.3 is 11.1 Å². The highest BCUT2D eigenvalue weighted by atomic mass is 32.2. The highest BCUT2D eigenvalue weighted by molar-refractivity contribution is 7.88. The second kappa shape index (κ2) is 5.17. The predicted molar refractivity (Wildman–Crippen MR) is 71.6 cm³/mol. The quantitative estimate of drug-likeness (QED) is 0.735. The van der Waals surface area contributed by atoms with E-state index in [0.717, 1.165) is 23.0 Å². The first-order chi connectivity index (χ1) is 9.28. The Morgan fingerprint density at radius 3 is 2.70 bits per heavy atom. The van der Waals surface area contributed by atoms with Gasteiger partial charge in [-0.15, -0.1) is 0 Å². The molecule has 0 atom stereocenters. The molecule has 2 rings (SSSR count). The van der Waals surface area contributed by atoms with E-state index in [9.17, 15) is 22.4 Å². The minimum atomic E-state index is -3.39. The molecule has 108 valence electrons. The number of fused-ring (bicyclic) bond motifs is 1. The molecular weight excluding hydrogens is 289 g/mol. The van der Waals surface area contributed by atoms with Crippen LogP contribution in [0.3, 0.4) is 0 Å². The van der Waals surface area contributed by atoms with Crippen LogP contribution in [-0.2, 0) is 16.6 Å². The third-order valence-electron chi connectivity index (χ3n) is 2.64. The summed E-state index contributed by atoms with van der Waals surface area (Å²) < 4.78 is 38.4. The summed E-state index contributed by atoms with van der Waals surface area (Å²) in [6, 6.07) is 3.60. The fourth-order valence-corrected chi connectivity index (χ4v) is 2.28. The van der Waals surface area contributed by atoms with Crippen LogP contribution in [0, 0.1) is 5.82 Å². The molecule has 0 radical (unpaired) electrons. The second-order valence-corrected chi connectivity index (χ2v) is 6.07. The summed E-state index contributed by atoms with van der Waals surface area (Å²) in [6.07, 6.45) is 0.987. The number of hydrogen-bond donors (Lipinski definition) is 2. The van der Waals surface area contributed by atoms with Crippen molar-refractivity contribution in [1.82, 2.24) is 14.3 Å². The third-order valence-corrected chi connectivity index (χ3v) is 3.37. The lowest BCUT2D eigenvalue weighted by molar-refractivity contribution is 0.578. The molecule has 0 aliphatic carbocycles. The van der Waals surface area contributed by atoms with Gasteiger partial charge in [0.05, 0.1) is 17.3 Å². The largest absolute Gasteiger partial charge is 0.316 e. The van der Waals surface area contributed by atoms with Crippen LogP contribution in [0.5, 0.6) is 0 Å². The van der Waals surface area contributed by atoms with Gasteiger partial charge in [-0.1, -0.05) is 0 Å². The molecule has 0 amide bonds. The van der Waals surface area contributed by atoms with E-state index < -0.39 is 27.0 Å². The lowest BCUT2D eigenvalue weighted by Gasteiger charge is -2.09. The standard InChI is InChI=1S/C11H12FN3O4S/c1-20(18,19)13-4-5-15-9-3-2-7(12)6-8(9)14-10(16)11(15)17/h2-3,6,13H,4-5H2,1H3,(H,14,16). The minimum Gasteiger partial charge on any atom is -0.316 e. The lowest BCUT2D eigenvalue weighted by atomic mass is 10.3. The Bertz CT molecular complexity index is 869. The molecule has 0 aliphatic rings. The Kier molecular flexibility index (Phi) is 3.73. The maximum absolute atomic E-state index is 13.1. The van der Waals surface area contributed by atoms with Gasteiger partial charge in [-0.05, 0) is 18.2 Å². The number of H-pyrrole nitrogens is 1. The summed E-state index contributed by atoms with van der Waals surface area (Å²) >= 11 is 0. The molecule has 0 saturated heterocycles. The average Bonchev–Trinajstić information content (AvgIpc) is 2.32. The van der Waals surface area contributed by atoms with E-state index in [2.05, 4.69) is 9.71 Å². The van der Waals surface area contributed by atoms with Gasteiger partial charge in [0.1, 0.15) is 5.82 Å². The Labute approximate surface area is 113 Å². The van der Waals surface area contributed by atoms with Gasteiger partial charge < -0.3 is 9.55 Å². The van der Waals surface area contributed by atoms with Crippen LogP contribution in [0.1, 0.15) is 0 Å². The summed E-state index contributed by atoms with van der Waals surface area (Å²) in [6.45, 7) is -0.0768. The Morgan fingerprint density at radius 1 is 1.35 bits per heavy atom. The van der Waals surface area contributed by atoms with Crippen molar-refractivity contribution in [3.8, 4) is 0 Å². The molecule has 1 heterocycles. The van der Waals surface area contributed by atoms with Gasteiger partial charge in [0.25, 0.3) is 0 Å². The van der Waals surface area contributed by atoms with E-state index in [0.29, 0.717) is 5.52 Å². The topological polar surface area (TPSA) is 101 Å². The highest BCUT2D eigenvalue weighted by Gasteiger charge is 2.09. The number of aromatic nitrogens is 2. The maximum Gasteiger partial charge on any atom is 0.316 e. The van der Waals surface area contributed by atoms with Crippen LogP contribution in [0.4, 0.5) is 4.39 Å². The zero-order chi connectivity index (χ0) is 14.9. The van der Waals surface area contributed by atoms with Crippen LogP contribution < -0.4 is 15.8 Å². The molecule has 0 unspecified atom stereocenters. The van der Waals surface area contributed by atoms with Gasteiger partial charge in [0.15, 0.2) is 0 Å². The third kappa shape index (κ3) is 3.11. The molecule has 2 N–H and O–H groups in total. The van der Waals surface area contributed by atoms with Gasteiger partial charge in [-0.2, -0.15) is 0 Å². The molecule has 9 heteroatoms. The van der Waals surface area contributed by atoms with Crippen molar-refractivity contribution in [2.45, 2.75) is 6.54 Å². The molecule has 0 bridgehead atoms. The van der Waals surface area contributed by atoms with Crippen molar-refractivity contribution >= 4 is 21.1 Å². The molecule has 2 aromatic rings. The molecule has 0 aliphatic heterocycles. The molecule has 0 saturated carbocycles. The maximum atomic E-state index is 13.1. The second-order valence-electron chi connectivity index (χ2n) is 4.24.